The van der Waals surface area contributed by atoms with E-state index < -0.39 is 23.4 Å². The molecular formula is C20H19N3O6. The summed E-state index contributed by atoms with van der Waals surface area (Å²) in [5, 5.41) is 17.1. The third-order valence-electron chi connectivity index (χ3n) is 4.22. The van der Waals surface area contributed by atoms with E-state index in [4.69, 9.17) is 9.15 Å². The molecule has 0 unspecified atom stereocenters. The van der Waals surface area contributed by atoms with Crippen LogP contribution < -0.4 is 10.6 Å². The molecule has 0 aliphatic carbocycles. The average Bonchev–Trinajstić information content (AvgIpc) is 3.06. The number of non-ortho nitro benzene ring substituents is 1. The molecule has 29 heavy (non-hydrogen) atoms. The van der Waals surface area contributed by atoms with Crippen molar-refractivity contribution < 1.29 is 23.7 Å². The lowest BCUT2D eigenvalue weighted by molar-refractivity contribution is -0.384. The van der Waals surface area contributed by atoms with Crippen LogP contribution in [0.3, 0.4) is 0 Å². The van der Waals surface area contributed by atoms with Gasteiger partial charge < -0.3 is 19.8 Å². The quantitative estimate of drug-likeness (QED) is 0.259. The number of anilines is 1. The number of nitrogens with one attached hydrogen (secondary N) is 2. The van der Waals surface area contributed by atoms with E-state index in [2.05, 4.69) is 10.6 Å². The molecule has 3 rings (SSSR count). The van der Waals surface area contributed by atoms with Crippen molar-refractivity contribution in [1.29, 1.82) is 0 Å². The number of aryl methyl sites for hydroxylation is 1. The Balaban J connectivity index is 1.41. The van der Waals surface area contributed by atoms with Gasteiger partial charge in [0.2, 0.25) is 5.76 Å². The predicted molar refractivity (Wildman–Crippen MR) is 106 cm³/mol. The summed E-state index contributed by atoms with van der Waals surface area (Å²) in [5.74, 6) is -1.06. The van der Waals surface area contributed by atoms with Crippen LogP contribution in [0.4, 0.5) is 11.4 Å². The summed E-state index contributed by atoms with van der Waals surface area (Å²) < 4.78 is 10.5. The van der Waals surface area contributed by atoms with E-state index in [1.165, 1.54) is 12.1 Å². The van der Waals surface area contributed by atoms with Gasteiger partial charge in [0, 0.05) is 41.9 Å². The molecule has 0 radical (unpaired) electrons. The second-order valence-corrected chi connectivity index (χ2v) is 6.21. The number of benzene rings is 2. The van der Waals surface area contributed by atoms with Crippen LogP contribution in [0.1, 0.15) is 16.1 Å². The number of nitrogens with zero attached hydrogens (tertiary/aromatic N) is 1. The maximum atomic E-state index is 12.2. The first-order chi connectivity index (χ1) is 14.0. The van der Waals surface area contributed by atoms with Crippen LogP contribution in [0, 0.1) is 17.0 Å². The summed E-state index contributed by atoms with van der Waals surface area (Å²) in [6.45, 7) is 2.02. The first kappa shape index (κ1) is 19.9. The fraction of sp³-hybridized carbons (Fsp3) is 0.200. The molecule has 1 aromatic heterocycles. The van der Waals surface area contributed by atoms with Crippen molar-refractivity contribution >= 4 is 34.2 Å². The number of hydrogen-bond donors (Lipinski definition) is 2. The van der Waals surface area contributed by atoms with Gasteiger partial charge in [0.15, 0.2) is 6.61 Å². The molecule has 150 valence electrons. The highest BCUT2D eigenvalue weighted by molar-refractivity contribution is 5.96. The van der Waals surface area contributed by atoms with Crippen molar-refractivity contribution in [3.05, 3.63) is 70.0 Å². The van der Waals surface area contributed by atoms with Gasteiger partial charge in [-0.25, -0.2) is 4.79 Å². The molecule has 0 spiro atoms. The monoisotopic (exact) mass is 397 g/mol. The molecule has 9 nitrogen and oxygen atoms in total. The van der Waals surface area contributed by atoms with Gasteiger partial charge in [0.1, 0.15) is 5.58 Å². The molecule has 9 heteroatoms. The van der Waals surface area contributed by atoms with Gasteiger partial charge in [-0.05, 0) is 25.1 Å². The highest BCUT2D eigenvalue weighted by atomic mass is 16.6. The van der Waals surface area contributed by atoms with Gasteiger partial charge in [0.25, 0.3) is 11.6 Å². The lowest BCUT2D eigenvalue weighted by Crippen LogP contribution is -2.32. The van der Waals surface area contributed by atoms with Crippen molar-refractivity contribution in [2.75, 3.05) is 25.0 Å². The fourth-order valence-corrected chi connectivity index (χ4v) is 2.73. The van der Waals surface area contributed by atoms with E-state index in [1.54, 1.807) is 31.2 Å². The van der Waals surface area contributed by atoms with Crippen molar-refractivity contribution in [2.24, 2.45) is 0 Å². The number of ether oxygens (including phenoxy) is 1. The second kappa shape index (κ2) is 8.87. The summed E-state index contributed by atoms with van der Waals surface area (Å²) in [6.07, 6.45) is 0. The number of nitro benzene ring substituents is 1. The van der Waals surface area contributed by atoms with E-state index in [1.807, 2.05) is 12.1 Å². The number of rotatable bonds is 8. The van der Waals surface area contributed by atoms with Gasteiger partial charge in [-0.3, -0.25) is 14.9 Å². The SMILES string of the molecule is Cc1c(C(=O)OCC(=O)NCCNc2ccc([N+](=O)[O-])cc2)oc2ccccc12. The number of nitro groups is 1. The number of hydrogen-bond acceptors (Lipinski definition) is 7. The lowest BCUT2D eigenvalue weighted by Gasteiger charge is -2.08. The zero-order chi connectivity index (χ0) is 20.8. The van der Waals surface area contributed by atoms with E-state index in [0.29, 0.717) is 23.4 Å². The number of esters is 1. The molecule has 2 N–H and O–H groups in total. The normalized spacial score (nSPS) is 10.5. The smallest absolute Gasteiger partial charge is 0.375 e. The largest absolute Gasteiger partial charge is 0.450 e. The first-order valence-electron chi connectivity index (χ1n) is 8.86. The third-order valence-corrected chi connectivity index (χ3v) is 4.22. The summed E-state index contributed by atoms with van der Waals surface area (Å²) in [6, 6.07) is 13.2. The molecule has 0 saturated heterocycles. The van der Waals surface area contributed by atoms with Crippen molar-refractivity contribution in [2.45, 2.75) is 6.92 Å². The van der Waals surface area contributed by atoms with Gasteiger partial charge in [-0.1, -0.05) is 18.2 Å². The topological polar surface area (TPSA) is 124 Å². The van der Waals surface area contributed by atoms with E-state index in [-0.39, 0.29) is 18.0 Å². The van der Waals surface area contributed by atoms with E-state index in [0.717, 1.165) is 5.39 Å². The predicted octanol–water partition coefficient (Wildman–Crippen LogP) is 3.03. The molecule has 0 atom stereocenters. The minimum atomic E-state index is -0.696. The van der Waals surface area contributed by atoms with Gasteiger partial charge >= 0.3 is 5.97 Å². The Hall–Kier alpha value is -3.88. The van der Waals surface area contributed by atoms with Crippen molar-refractivity contribution in [3.63, 3.8) is 0 Å². The summed E-state index contributed by atoms with van der Waals surface area (Å²) in [4.78, 5) is 34.2. The minimum Gasteiger partial charge on any atom is -0.450 e. The van der Waals surface area contributed by atoms with Crippen LogP contribution in [0.25, 0.3) is 11.0 Å². The Kier molecular flexibility index (Phi) is 6.08. The highest BCUT2D eigenvalue weighted by Crippen LogP contribution is 2.25. The van der Waals surface area contributed by atoms with E-state index >= 15 is 0 Å². The maximum absolute atomic E-state index is 12.2. The molecule has 2 aromatic carbocycles. The zero-order valence-electron chi connectivity index (χ0n) is 15.6. The summed E-state index contributed by atoms with van der Waals surface area (Å²) >= 11 is 0. The molecule has 0 saturated carbocycles. The van der Waals surface area contributed by atoms with Gasteiger partial charge in [-0.2, -0.15) is 0 Å². The van der Waals surface area contributed by atoms with Crippen LogP contribution in [0.5, 0.6) is 0 Å². The van der Waals surface area contributed by atoms with Crippen LogP contribution >= 0.6 is 0 Å². The Labute approximate surface area is 165 Å². The Morgan fingerprint density at radius 1 is 1.10 bits per heavy atom. The standard InChI is InChI=1S/C20H19N3O6/c1-13-16-4-2-3-5-17(16)29-19(13)20(25)28-12-18(24)22-11-10-21-14-6-8-15(9-7-14)23(26)27/h2-9,21H,10-12H2,1H3,(H,22,24). The van der Waals surface area contributed by atoms with Crippen molar-refractivity contribution in [1.82, 2.24) is 5.32 Å². The van der Waals surface area contributed by atoms with Gasteiger partial charge in [-0.15, -0.1) is 0 Å². The van der Waals surface area contributed by atoms with Gasteiger partial charge in [0.05, 0.1) is 4.92 Å². The van der Waals surface area contributed by atoms with Crippen LogP contribution in [0.15, 0.2) is 52.9 Å². The Bertz CT molecular complexity index is 1040. The summed E-state index contributed by atoms with van der Waals surface area (Å²) in [7, 11) is 0. The number of fused-ring (bicyclic) bond motifs is 1. The third kappa shape index (κ3) is 4.89. The Morgan fingerprint density at radius 2 is 1.83 bits per heavy atom. The van der Waals surface area contributed by atoms with Crippen LogP contribution in [0.2, 0.25) is 0 Å². The van der Waals surface area contributed by atoms with Crippen molar-refractivity contribution in [3.8, 4) is 0 Å². The highest BCUT2D eigenvalue weighted by Gasteiger charge is 2.19. The molecule has 0 aliphatic rings. The molecule has 3 aromatic rings. The number of para-hydroxylation sites is 1. The molecule has 0 fully saturated rings. The molecule has 0 aliphatic heterocycles. The number of carbonyl (C=O) groups is 2. The number of furan rings is 1. The average molecular weight is 397 g/mol. The number of carbonyl (C=O) groups excluding carboxylic acids is 2. The zero-order valence-corrected chi connectivity index (χ0v) is 15.6. The molecule has 0 bridgehead atoms. The number of amides is 1. The fourth-order valence-electron chi connectivity index (χ4n) is 2.73. The maximum Gasteiger partial charge on any atom is 0.375 e. The molecular weight excluding hydrogens is 378 g/mol. The summed E-state index contributed by atoms with van der Waals surface area (Å²) in [5.41, 5.74) is 1.94. The lowest BCUT2D eigenvalue weighted by atomic mass is 10.1. The minimum absolute atomic E-state index is 0.00496. The Morgan fingerprint density at radius 3 is 2.52 bits per heavy atom. The van der Waals surface area contributed by atoms with Crippen LogP contribution in [-0.4, -0.2) is 36.5 Å². The second-order valence-electron chi connectivity index (χ2n) is 6.21. The van der Waals surface area contributed by atoms with Crippen LogP contribution in [-0.2, 0) is 9.53 Å². The molecule has 1 amide bonds. The van der Waals surface area contributed by atoms with E-state index in [9.17, 15) is 19.7 Å². The molecule has 1 heterocycles. The first-order valence-corrected chi connectivity index (χ1v) is 8.86.